The molecule has 2 aromatic rings. The van der Waals surface area contributed by atoms with Crippen molar-refractivity contribution >= 4 is 21.6 Å². The quantitative estimate of drug-likeness (QED) is 0.860. The maximum atomic E-state index is 12.6. The van der Waals surface area contributed by atoms with Crippen molar-refractivity contribution in [2.45, 2.75) is 39.5 Å². The third-order valence-electron chi connectivity index (χ3n) is 4.17. The highest BCUT2D eigenvalue weighted by Gasteiger charge is 2.20. The van der Waals surface area contributed by atoms with Crippen LogP contribution in [0.25, 0.3) is 0 Å². The van der Waals surface area contributed by atoms with Gasteiger partial charge in [-0.25, -0.2) is 13.1 Å². The van der Waals surface area contributed by atoms with Crippen LogP contribution >= 0.6 is 0 Å². The van der Waals surface area contributed by atoms with Gasteiger partial charge < -0.3 is 5.32 Å². The summed E-state index contributed by atoms with van der Waals surface area (Å²) in [4.78, 5) is 12.4. The fourth-order valence-electron chi connectivity index (χ4n) is 2.90. The summed E-state index contributed by atoms with van der Waals surface area (Å²) in [7, 11) is -3.75. The average molecular weight is 360 g/mol. The van der Waals surface area contributed by atoms with Crippen LogP contribution in [0.3, 0.4) is 0 Å². The zero-order chi connectivity index (χ0) is 18.8. The van der Waals surface area contributed by atoms with Crippen LogP contribution in [0, 0.1) is 34.6 Å². The number of amides is 1. The summed E-state index contributed by atoms with van der Waals surface area (Å²) in [6.07, 6.45) is 0. The number of anilines is 1. The van der Waals surface area contributed by atoms with Gasteiger partial charge in [0.2, 0.25) is 15.9 Å². The van der Waals surface area contributed by atoms with Crippen molar-refractivity contribution in [3.05, 3.63) is 58.1 Å². The van der Waals surface area contributed by atoms with Crippen LogP contribution in [0.4, 0.5) is 5.69 Å². The fraction of sp³-hybridized carbons (Fsp3) is 0.316. The van der Waals surface area contributed by atoms with Gasteiger partial charge in [0.15, 0.2) is 0 Å². The average Bonchev–Trinajstić information content (AvgIpc) is 2.48. The second-order valence-electron chi connectivity index (χ2n) is 6.35. The molecule has 0 saturated carbocycles. The van der Waals surface area contributed by atoms with Crippen LogP contribution in [0.5, 0.6) is 0 Å². The van der Waals surface area contributed by atoms with Crippen LogP contribution in [0.2, 0.25) is 0 Å². The lowest BCUT2D eigenvalue weighted by molar-refractivity contribution is -0.115. The zero-order valence-electron chi connectivity index (χ0n) is 15.2. The summed E-state index contributed by atoms with van der Waals surface area (Å²) in [5, 5.41) is 2.75. The van der Waals surface area contributed by atoms with E-state index in [0.717, 1.165) is 16.7 Å². The zero-order valence-corrected chi connectivity index (χ0v) is 16.0. The molecule has 1 amide bonds. The van der Waals surface area contributed by atoms with Gasteiger partial charge in [0.1, 0.15) is 0 Å². The van der Waals surface area contributed by atoms with Crippen LogP contribution in [-0.4, -0.2) is 20.9 Å². The molecule has 0 atom stereocenters. The van der Waals surface area contributed by atoms with E-state index in [1.807, 2.05) is 45.0 Å². The summed E-state index contributed by atoms with van der Waals surface area (Å²) in [5.41, 5.74) is 5.04. The van der Waals surface area contributed by atoms with E-state index >= 15 is 0 Å². The first kappa shape index (κ1) is 19.1. The molecule has 0 radical (unpaired) electrons. The van der Waals surface area contributed by atoms with Crippen LogP contribution in [0.15, 0.2) is 35.2 Å². The van der Waals surface area contributed by atoms with Gasteiger partial charge in [-0.15, -0.1) is 0 Å². The molecular formula is C19H24N2O3S. The van der Waals surface area contributed by atoms with Crippen molar-refractivity contribution in [2.75, 3.05) is 11.9 Å². The molecule has 0 bridgehead atoms. The number of hydrogen-bond donors (Lipinski definition) is 2. The lowest BCUT2D eigenvalue weighted by atomic mass is 10.1. The van der Waals surface area contributed by atoms with E-state index in [-0.39, 0.29) is 11.4 Å². The van der Waals surface area contributed by atoms with Gasteiger partial charge in [-0.2, -0.15) is 0 Å². The van der Waals surface area contributed by atoms with Crippen molar-refractivity contribution in [1.29, 1.82) is 0 Å². The maximum absolute atomic E-state index is 12.6. The molecule has 0 saturated heterocycles. The van der Waals surface area contributed by atoms with Gasteiger partial charge in [0, 0.05) is 5.69 Å². The highest BCUT2D eigenvalue weighted by molar-refractivity contribution is 7.89. The largest absolute Gasteiger partial charge is 0.325 e. The number of rotatable bonds is 5. The molecule has 0 unspecified atom stereocenters. The van der Waals surface area contributed by atoms with Gasteiger partial charge in [-0.05, 0) is 62.9 Å². The third kappa shape index (κ3) is 4.46. The first-order chi connectivity index (χ1) is 11.6. The van der Waals surface area contributed by atoms with Crippen LogP contribution < -0.4 is 10.0 Å². The topological polar surface area (TPSA) is 75.3 Å². The SMILES string of the molecule is Cc1cc(C)c(S(=O)(=O)NCC(=O)Nc2cccc(C)c2C)c(C)c1. The van der Waals surface area contributed by atoms with Crippen molar-refractivity contribution < 1.29 is 13.2 Å². The Kier molecular flexibility index (Phi) is 5.65. The second-order valence-corrected chi connectivity index (χ2v) is 8.05. The molecule has 0 aliphatic heterocycles. The molecular weight excluding hydrogens is 336 g/mol. The first-order valence-electron chi connectivity index (χ1n) is 8.05. The monoisotopic (exact) mass is 360 g/mol. The Labute approximate surface area is 149 Å². The molecule has 25 heavy (non-hydrogen) atoms. The number of aryl methyl sites for hydroxylation is 4. The van der Waals surface area contributed by atoms with Crippen LogP contribution in [0.1, 0.15) is 27.8 Å². The number of carbonyl (C=O) groups excluding carboxylic acids is 1. The Morgan fingerprint density at radius 1 is 0.960 bits per heavy atom. The molecule has 5 nitrogen and oxygen atoms in total. The van der Waals surface area contributed by atoms with Gasteiger partial charge in [0.25, 0.3) is 0 Å². The highest BCUT2D eigenvalue weighted by Crippen LogP contribution is 2.21. The second kappa shape index (κ2) is 7.37. The normalized spacial score (nSPS) is 11.4. The van der Waals surface area contributed by atoms with Crippen molar-refractivity contribution in [3.8, 4) is 0 Å². The number of benzene rings is 2. The minimum Gasteiger partial charge on any atom is -0.325 e. The van der Waals surface area contributed by atoms with E-state index < -0.39 is 15.9 Å². The van der Waals surface area contributed by atoms with E-state index in [1.165, 1.54) is 0 Å². The molecule has 0 aliphatic carbocycles. The molecule has 0 aromatic heterocycles. The summed E-state index contributed by atoms with van der Waals surface area (Å²) >= 11 is 0. The molecule has 6 heteroatoms. The lowest BCUT2D eigenvalue weighted by Gasteiger charge is -2.14. The first-order valence-corrected chi connectivity index (χ1v) is 9.53. The number of carbonyl (C=O) groups is 1. The summed E-state index contributed by atoms with van der Waals surface area (Å²) in [5.74, 6) is -0.403. The summed E-state index contributed by atoms with van der Waals surface area (Å²) in [6.45, 7) is 8.98. The Balaban J connectivity index is 2.12. The smallest absolute Gasteiger partial charge is 0.241 e. The number of nitrogens with one attached hydrogen (secondary N) is 2. The Bertz CT molecular complexity index is 895. The molecule has 2 aromatic carbocycles. The molecule has 0 spiro atoms. The standard InChI is InChI=1S/C19H24N2O3S/c1-12-9-14(3)19(15(4)10-12)25(23,24)20-11-18(22)21-17-8-6-7-13(2)16(17)5/h6-10,20H,11H2,1-5H3,(H,21,22). The van der Waals surface area contributed by atoms with Gasteiger partial charge in [-0.3, -0.25) is 4.79 Å². The molecule has 0 heterocycles. The summed E-state index contributed by atoms with van der Waals surface area (Å²) < 4.78 is 27.5. The Morgan fingerprint density at radius 2 is 1.56 bits per heavy atom. The van der Waals surface area contributed by atoms with Crippen LogP contribution in [-0.2, 0) is 14.8 Å². The Hall–Kier alpha value is -2.18. The molecule has 2 rings (SSSR count). The molecule has 2 N–H and O–H groups in total. The third-order valence-corrected chi connectivity index (χ3v) is 5.88. The van der Waals surface area contributed by atoms with E-state index in [9.17, 15) is 13.2 Å². The van der Waals surface area contributed by atoms with Crippen molar-refractivity contribution in [3.63, 3.8) is 0 Å². The Morgan fingerprint density at radius 3 is 2.16 bits per heavy atom. The van der Waals surface area contributed by atoms with E-state index in [1.54, 1.807) is 19.9 Å². The molecule has 0 aliphatic rings. The van der Waals surface area contributed by atoms with Gasteiger partial charge in [0.05, 0.1) is 11.4 Å². The minimum atomic E-state index is -3.75. The van der Waals surface area contributed by atoms with E-state index in [0.29, 0.717) is 16.8 Å². The van der Waals surface area contributed by atoms with Crippen molar-refractivity contribution in [1.82, 2.24) is 4.72 Å². The van der Waals surface area contributed by atoms with Gasteiger partial charge in [-0.1, -0.05) is 29.8 Å². The predicted molar refractivity (Wildman–Crippen MR) is 100 cm³/mol. The van der Waals surface area contributed by atoms with Crippen molar-refractivity contribution in [2.24, 2.45) is 0 Å². The maximum Gasteiger partial charge on any atom is 0.241 e. The van der Waals surface area contributed by atoms with E-state index in [2.05, 4.69) is 10.0 Å². The number of sulfonamides is 1. The fourth-order valence-corrected chi connectivity index (χ4v) is 4.34. The molecule has 134 valence electrons. The summed E-state index contributed by atoms with van der Waals surface area (Å²) in [6, 6.07) is 9.23. The minimum absolute atomic E-state index is 0.234. The lowest BCUT2D eigenvalue weighted by Crippen LogP contribution is -2.33. The predicted octanol–water partition coefficient (Wildman–Crippen LogP) is 3.15. The van der Waals surface area contributed by atoms with E-state index in [4.69, 9.17) is 0 Å². The highest BCUT2D eigenvalue weighted by atomic mass is 32.2. The molecule has 0 fully saturated rings. The number of hydrogen-bond acceptors (Lipinski definition) is 3. The van der Waals surface area contributed by atoms with Gasteiger partial charge >= 0.3 is 0 Å².